The zero-order valence-corrected chi connectivity index (χ0v) is 32.7. The van der Waals surface area contributed by atoms with E-state index in [1.54, 1.807) is 41.9 Å². The number of pyridine rings is 1. The number of aromatic hydroxyl groups is 2. The highest BCUT2D eigenvalue weighted by Crippen LogP contribution is 2.34. The van der Waals surface area contributed by atoms with Crippen LogP contribution in [-0.4, -0.2) is 43.3 Å². The van der Waals surface area contributed by atoms with E-state index in [9.17, 15) is 24.6 Å². The molecule has 292 valence electrons. The minimum Gasteiger partial charge on any atom is -0.507 e. The Morgan fingerprint density at radius 2 is 1.07 bits per heavy atom. The van der Waals surface area contributed by atoms with Gasteiger partial charge >= 0.3 is 11.9 Å². The number of rotatable bonds is 13. The monoisotopic (exact) mass is 810 g/mol. The van der Waals surface area contributed by atoms with Gasteiger partial charge in [-0.1, -0.05) is 72.1 Å². The Labute approximate surface area is 342 Å². The summed E-state index contributed by atoms with van der Waals surface area (Å²) in [6.07, 6.45) is 1.79. The second kappa shape index (κ2) is 19.3. The van der Waals surface area contributed by atoms with Gasteiger partial charge in [0.25, 0.3) is 0 Å². The number of anilines is 3. The van der Waals surface area contributed by atoms with Gasteiger partial charge in [-0.15, -0.1) is 0 Å². The molecule has 1 heterocycles. The SMILES string of the molecule is CC(=O)Nc1ccc(Sc2ccccc2CNc2ccc(O)c(C(=O)O)c2)cc1.O=C(O)c1cc(NCc2ccccc2Sc2ccc3cccnc3c2)ccc1O. The molecule has 0 unspecified atom stereocenters. The highest BCUT2D eigenvalue weighted by molar-refractivity contribution is 7.99. The lowest BCUT2D eigenvalue weighted by molar-refractivity contribution is -0.114. The standard InChI is InChI=1S/C23H18N2O3S.C22H20N2O4S/c26-21-10-8-17(12-19(21)23(27)28)25-14-16-4-1-2-6-22(16)29-18-9-7-15-5-3-11-24-20(15)13-18;1-14(25)24-16-6-9-18(10-7-16)29-21-5-3-2-4-15(21)13-23-17-8-11-20(26)19(12-17)22(27)28/h1-13,25-26H,14H2,(H,27,28);2-12,23,26H,13H2,1H3,(H,24,25)(H,27,28). The van der Waals surface area contributed by atoms with Crippen LogP contribution in [0.3, 0.4) is 0 Å². The van der Waals surface area contributed by atoms with Crippen molar-refractivity contribution in [2.45, 2.75) is 39.6 Å². The Balaban J connectivity index is 0.000000196. The van der Waals surface area contributed by atoms with Crippen LogP contribution >= 0.6 is 23.5 Å². The Bertz CT molecular complexity index is 2580. The second-order valence-corrected chi connectivity index (χ2v) is 15.0. The molecule has 0 bridgehead atoms. The lowest BCUT2D eigenvalue weighted by Crippen LogP contribution is -2.05. The molecule has 58 heavy (non-hydrogen) atoms. The predicted octanol–water partition coefficient (Wildman–Crippen LogP) is 10.2. The molecule has 0 spiro atoms. The lowest BCUT2D eigenvalue weighted by atomic mass is 10.1. The first kappa shape index (κ1) is 40.7. The van der Waals surface area contributed by atoms with Crippen molar-refractivity contribution in [2.24, 2.45) is 0 Å². The van der Waals surface area contributed by atoms with E-state index in [4.69, 9.17) is 10.2 Å². The Kier molecular flexibility index (Phi) is 13.5. The summed E-state index contributed by atoms with van der Waals surface area (Å²) in [6.45, 7) is 2.50. The van der Waals surface area contributed by atoms with Crippen molar-refractivity contribution in [2.75, 3.05) is 16.0 Å². The van der Waals surface area contributed by atoms with Crippen LogP contribution in [0.2, 0.25) is 0 Å². The molecule has 7 N–H and O–H groups in total. The van der Waals surface area contributed by atoms with Gasteiger partial charge in [-0.25, -0.2) is 9.59 Å². The van der Waals surface area contributed by atoms with Gasteiger partial charge in [0, 0.05) is 68.2 Å². The smallest absolute Gasteiger partial charge is 0.339 e. The number of fused-ring (bicyclic) bond motifs is 1. The third-order valence-electron chi connectivity index (χ3n) is 8.57. The van der Waals surface area contributed by atoms with Crippen molar-refractivity contribution in [3.05, 3.63) is 168 Å². The molecule has 0 saturated carbocycles. The van der Waals surface area contributed by atoms with E-state index < -0.39 is 11.9 Å². The van der Waals surface area contributed by atoms with Gasteiger partial charge in [0.1, 0.15) is 22.6 Å². The zero-order chi connectivity index (χ0) is 41.0. The van der Waals surface area contributed by atoms with E-state index in [1.807, 2.05) is 78.9 Å². The van der Waals surface area contributed by atoms with Crippen LogP contribution in [-0.2, 0) is 17.9 Å². The van der Waals surface area contributed by atoms with Gasteiger partial charge in [-0.3, -0.25) is 9.78 Å². The number of carbonyl (C=O) groups is 3. The number of benzene rings is 6. The molecule has 7 rings (SSSR count). The van der Waals surface area contributed by atoms with Crippen LogP contribution in [0.15, 0.2) is 165 Å². The maximum atomic E-state index is 11.2. The molecule has 0 aliphatic carbocycles. The third-order valence-corrected chi connectivity index (χ3v) is 10.8. The molecule has 0 aliphatic heterocycles. The summed E-state index contributed by atoms with van der Waals surface area (Å²) >= 11 is 3.26. The number of nitrogens with one attached hydrogen (secondary N) is 3. The van der Waals surface area contributed by atoms with E-state index in [2.05, 4.69) is 45.2 Å². The van der Waals surface area contributed by atoms with E-state index in [-0.39, 0.29) is 28.5 Å². The molecule has 0 atom stereocenters. The minimum absolute atomic E-state index is 0.109. The molecule has 0 fully saturated rings. The first-order chi connectivity index (χ1) is 28.0. The summed E-state index contributed by atoms with van der Waals surface area (Å²) in [5.41, 5.74) is 4.82. The third kappa shape index (κ3) is 11.1. The molecule has 7 aromatic rings. The first-order valence-corrected chi connectivity index (χ1v) is 19.5. The van der Waals surface area contributed by atoms with Crippen LogP contribution in [0.4, 0.5) is 17.1 Å². The van der Waals surface area contributed by atoms with Gasteiger partial charge in [0.15, 0.2) is 0 Å². The molecule has 1 aromatic heterocycles. The number of nitrogens with zero attached hydrogens (tertiary/aromatic N) is 1. The summed E-state index contributed by atoms with van der Waals surface area (Å²) in [6, 6.07) is 42.7. The Morgan fingerprint density at radius 3 is 1.60 bits per heavy atom. The number of hydrogen-bond acceptors (Lipinski definition) is 10. The number of aromatic nitrogens is 1. The molecule has 0 saturated heterocycles. The molecule has 0 aliphatic rings. The fraction of sp³-hybridized carbons (Fsp3) is 0.0667. The summed E-state index contributed by atoms with van der Waals surface area (Å²) < 4.78 is 0. The van der Waals surface area contributed by atoms with Crippen LogP contribution in [0, 0.1) is 0 Å². The van der Waals surface area contributed by atoms with E-state index in [0.29, 0.717) is 24.5 Å². The van der Waals surface area contributed by atoms with Crippen molar-refractivity contribution >= 4 is 69.3 Å². The molecule has 0 radical (unpaired) electrons. The fourth-order valence-electron chi connectivity index (χ4n) is 5.70. The number of carboxylic acids is 2. The van der Waals surface area contributed by atoms with E-state index in [0.717, 1.165) is 47.3 Å². The topological polar surface area (TPSA) is 181 Å². The van der Waals surface area contributed by atoms with Gasteiger partial charge in [0.05, 0.1) is 5.52 Å². The highest BCUT2D eigenvalue weighted by Gasteiger charge is 2.13. The Morgan fingerprint density at radius 1 is 0.569 bits per heavy atom. The van der Waals surface area contributed by atoms with Crippen molar-refractivity contribution in [1.29, 1.82) is 0 Å². The second-order valence-electron chi connectivity index (χ2n) is 12.8. The average Bonchev–Trinajstić information content (AvgIpc) is 3.21. The lowest BCUT2D eigenvalue weighted by Gasteiger charge is -2.12. The number of carbonyl (C=O) groups excluding carboxylic acids is 1. The molecular weight excluding hydrogens is 773 g/mol. The number of phenols is 2. The van der Waals surface area contributed by atoms with Crippen molar-refractivity contribution in [1.82, 2.24) is 4.98 Å². The number of amides is 1. The average molecular weight is 811 g/mol. The van der Waals surface area contributed by atoms with Gasteiger partial charge < -0.3 is 36.4 Å². The minimum atomic E-state index is -1.18. The van der Waals surface area contributed by atoms with Gasteiger partial charge in [-0.05, 0) is 102 Å². The maximum Gasteiger partial charge on any atom is 0.339 e. The largest absolute Gasteiger partial charge is 0.507 e. The Hall–Kier alpha value is -6.96. The summed E-state index contributed by atoms with van der Waals surface area (Å²) in [5, 5.41) is 47.9. The number of aromatic carboxylic acids is 2. The zero-order valence-electron chi connectivity index (χ0n) is 31.0. The highest BCUT2D eigenvalue weighted by atomic mass is 32.2. The van der Waals surface area contributed by atoms with E-state index >= 15 is 0 Å². The molecule has 11 nitrogen and oxygen atoms in total. The summed E-state index contributed by atoms with van der Waals surface area (Å²) in [4.78, 5) is 42.2. The van der Waals surface area contributed by atoms with Crippen molar-refractivity contribution in [3.63, 3.8) is 0 Å². The fourth-order valence-corrected chi connectivity index (χ4v) is 7.62. The van der Waals surface area contributed by atoms with Crippen LogP contribution in [0.5, 0.6) is 11.5 Å². The predicted molar refractivity (Wildman–Crippen MR) is 228 cm³/mol. The molecule has 1 amide bonds. The maximum absolute atomic E-state index is 11.2. The normalized spacial score (nSPS) is 10.6. The van der Waals surface area contributed by atoms with Crippen LogP contribution in [0.1, 0.15) is 38.8 Å². The van der Waals surface area contributed by atoms with Gasteiger partial charge in [-0.2, -0.15) is 0 Å². The van der Waals surface area contributed by atoms with Gasteiger partial charge in [0.2, 0.25) is 5.91 Å². The van der Waals surface area contributed by atoms with Crippen molar-refractivity contribution in [3.8, 4) is 11.5 Å². The number of carboxylic acid groups (broad SMARTS) is 2. The number of hydrogen-bond donors (Lipinski definition) is 7. The van der Waals surface area contributed by atoms with Crippen LogP contribution in [0.25, 0.3) is 10.9 Å². The molecular formula is C45H38N4O7S2. The summed E-state index contributed by atoms with van der Waals surface area (Å²) in [7, 11) is 0. The molecule has 6 aromatic carbocycles. The quantitative estimate of drug-likeness (QED) is 0.0549. The summed E-state index contributed by atoms with van der Waals surface area (Å²) in [5.74, 6) is -2.95. The molecule has 13 heteroatoms. The first-order valence-electron chi connectivity index (χ1n) is 17.9. The van der Waals surface area contributed by atoms with Crippen LogP contribution < -0.4 is 16.0 Å². The van der Waals surface area contributed by atoms with Crippen molar-refractivity contribution < 1.29 is 34.8 Å². The van der Waals surface area contributed by atoms with E-state index in [1.165, 1.54) is 31.2 Å².